The van der Waals surface area contributed by atoms with E-state index in [0.717, 1.165) is 11.4 Å². The van der Waals surface area contributed by atoms with Crippen LogP contribution in [-0.4, -0.2) is 35.4 Å². The summed E-state index contributed by atoms with van der Waals surface area (Å²) < 4.78 is 14.3. The number of hydrogen-bond acceptors (Lipinski definition) is 4. The Morgan fingerprint density at radius 3 is 2.96 bits per heavy atom. The molecule has 1 saturated heterocycles. The minimum absolute atomic E-state index is 0.0751. The number of halogens is 1. The van der Waals surface area contributed by atoms with Gasteiger partial charge in [0.15, 0.2) is 0 Å². The van der Waals surface area contributed by atoms with Gasteiger partial charge in [0.1, 0.15) is 10.8 Å². The molecule has 0 saturated carbocycles. The van der Waals surface area contributed by atoms with Crippen LogP contribution in [0.3, 0.4) is 0 Å². The summed E-state index contributed by atoms with van der Waals surface area (Å²) in [5.41, 5.74) is 0.602. The number of benzene rings is 1. The molecule has 1 aliphatic rings. The highest BCUT2D eigenvalue weighted by atomic mass is 32.1. The zero-order valence-electron chi connectivity index (χ0n) is 13.2. The highest BCUT2D eigenvalue weighted by Crippen LogP contribution is 2.27. The molecule has 1 fully saturated rings. The van der Waals surface area contributed by atoms with Crippen LogP contribution in [0.15, 0.2) is 29.8 Å². The number of nitrogens with zero attached hydrogens (tertiary/aromatic N) is 3. The molecule has 1 aliphatic heterocycles. The Balaban J connectivity index is 1.66. The smallest absolute Gasteiger partial charge is 0.321 e. The molecule has 1 aromatic carbocycles. The maximum atomic E-state index is 14.3. The number of thiazole rings is 1. The van der Waals surface area contributed by atoms with Gasteiger partial charge in [0, 0.05) is 37.3 Å². The number of carbonyl (C=O) groups is 2. The summed E-state index contributed by atoms with van der Waals surface area (Å²) in [5.74, 6) is -0.598. The number of hydrogen-bond donors (Lipinski definition) is 1. The highest BCUT2D eigenvalue weighted by Gasteiger charge is 2.24. The molecule has 3 amide bonds. The Hall–Kier alpha value is -2.48. The van der Waals surface area contributed by atoms with Crippen LogP contribution in [0.1, 0.15) is 17.8 Å². The fraction of sp³-hybridized carbons (Fsp3) is 0.312. The molecule has 2 aromatic rings. The molecule has 0 aliphatic carbocycles. The van der Waals surface area contributed by atoms with Gasteiger partial charge in [-0.25, -0.2) is 14.2 Å². The zero-order valence-corrected chi connectivity index (χ0v) is 14.0. The van der Waals surface area contributed by atoms with Crippen molar-refractivity contribution in [2.45, 2.75) is 19.4 Å². The van der Waals surface area contributed by atoms with Gasteiger partial charge in [-0.2, -0.15) is 0 Å². The monoisotopic (exact) mass is 348 g/mol. The first-order valence-electron chi connectivity index (χ1n) is 7.55. The second-order valence-corrected chi connectivity index (χ2v) is 6.51. The van der Waals surface area contributed by atoms with E-state index in [0.29, 0.717) is 25.2 Å². The second kappa shape index (κ2) is 6.96. The van der Waals surface area contributed by atoms with E-state index in [1.807, 2.05) is 5.38 Å². The Labute approximate surface area is 142 Å². The van der Waals surface area contributed by atoms with Gasteiger partial charge in [0.2, 0.25) is 5.91 Å². The van der Waals surface area contributed by atoms with E-state index in [2.05, 4.69) is 10.3 Å². The first-order chi connectivity index (χ1) is 11.5. The van der Waals surface area contributed by atoms with Crippen LogP contribution in [0.5, 0.6) is 0 Å². The Bertz CT molecular complexity index is 751. The number of anilines is 2. The maximum Gasteiger partial charge on any atom is 0.321 e. The van der Waals surface area contributed by atoms with E-state index >= 15 is 0 Å². The van der Waals surface area contributed by atoms with E-state index < -0.39 is 5.82 Å². The van der Waals surface area contributed by atoms with Gasteiger partial charge >= 0.3 is 6.03 Å². The van der Waals surface area contributed by atoms with Crippen molar-refractivity contribution in [3.05, 3.63) is 40.6 Å². The topological polar surface area (TPSA) is 65.5 Å². The van der Waals surface area contributed by atoms with Crippen LogP contribution in [-0.2, 0) is 11.3 Å². The van der Waals surface area contributed by atoms with Gasteiger partial charge in [0.25, 0.3) is 0 Å². The van der Waals surface area contributed by atoms with E-state index in [1.54, 1.807) is 19.3 Å². The molecule has 0 unspecified atom stereocenters. The SMILES string of the molecule is CN(Cc1nccs1)C(=O)Nc1ccc(N2CCCC2=O)c(F)c1. The van der Waals surface area contributed by atoms with Crippen molar-refractivity contribution in [2.24, 2.45) is 0 Å². The summed E-state index contributed by atoms with van der Waals surface area (Å²) in [4.78, 5) is 30.9. The second-order valence-electron chi connectivity index (χ2n) is 5.53. The number of amides is 3. The Morgan fingerprint density at radius 1 is 1.50 bits per heavy atom. The predicted molar refractivity (Wildman–Crippen MR) is 90.6 cm³/mol. The lowest BCUT2D eigenvalue weighted by molar-refractivity contribution is -0.117. The van der Waals surface area contributed by atoms with E-state index in [1.165, 1.54) is 33.3 Å². The summed E-state index contributed by atoms with van der Waals surface area (Å²) in [7, 11) is 1.64. The molecule has 6 nitrogen and oxygen atoms in total. The largest absolute Gasteiger partial charge is 0.321 e. The lowest BCUT2D eigenvalue weighted by Crippen LogP contribution is -2.31. The molecular formula is C16H17FN4O2S. The molecule has 2 heterocycles. The van der Waals surface area contributed by atoms with Crippen molar-refractivity contribution in [3.63, 3.8) is 0 Å². The fourth-order valence-electron chi connectivity index (χ4n) is 2.53. The highest BCUT2D eigenvalue weighted by molar-refractivity contribution is 7.09. The minimum atomic E-state index is -0.523. The van der Waals surface area contributed by atoms with Gasteiger partial charge in [-0.3, -0.25) is 4.79 Å². The third-order valence-corrected chi connectivity index (χ3v) is 4.53. The fourth-order valence-corrected chi connectivity index (χ4v) is 3.20. The van der Waals surface area contributed by atoms with Crippen molar-refractivity contribution in [1.29, 1.82) is 0 Å². The normalized spacial score (nSPS) is 14.1. The third kappa shape index (κ3) is 3.53. The average Bonchev–Trinajstić information content (AvgIpc) is 3.19. The van der Waals surface area contributed by atoms with E-state index in [9.17, 15) is 14.0 Å². The van der Waals surface area contributed by atoms with Crippen molar-refractivity contribution >= 4 is 34.6 Å². The van der Waals surface area contributed by atoms with Gasteiger partial charge in [-0.15, -0.1) is 11.3 Å². The lowest BCUT2D eigenvalue weighted by atomic mass is 10.2. The van der Waals surface area contributed by atoms with Gasteiger partial charge < -0.3 is 15.1 Å². The van der Waals surface area contributed by atoms with Crippen LogP contribution in [0, 0.1) is 5.82 Å². The van der Waals surface area contributed by atoms with Crippen LogP contribution in [0.25, 0.3) is 0 Å². The number of nitrogens with one attached hydrogen (secondary N) is 1. The molecule has 126 valence electrons. The Morgan fingerprint density at radius 2 is 2.33 bits per heavy atom. The molecule has 0 atom stereocenters. The molecule has 8 heteroatoms. The molecule has 0 bridgehead atoms. The van der Waals surface area contributed by atoms with Crippen LogP contribution >= 0.6 is 11.3 Å². The number of carbonyl (C=O) groups excluding carboxylic acids is 2. The van der Waals surface area contributed by atoms with Gasteiger partial charge in [-0.05, 0) is 24.6 Å². The minimum Gasteiger partial charge on any atom is -0.321 e. The maximum absolute atomic E-state index is 14.3. The van der Waals surface area contributed by atoms with Gasteiger partial charge in [0.05, 0.1) is 12.2 Å². The van der Waals surface area contributed by atoms with E-state index in [-0.39, 0.29) is 17.6 Å². The molecule has 0 spiro atoms. The summed E-state index contributed by atoms with van der Waals surface area (Å²) in [6, 6.07) is 4.00. The summed E-state index contributed by atoms with van der Waals surface area (Å²) in [6.07, 6.45) is 2.86. The third-order valence-electron chi connectivity index (χ3n) is 3.77. The first-order valence-corrected chi connectivity index (χ1v) is 8.43. The molecule has 24 heavy (non-hydrogen) atoms. The summed E-state index contributed by atoms with van der Waals surface area (Å²) in [6.45, 7) is 0.907. The first kappa shape index (κ1) is 16.4. The lowest BCUT2D eigenvalue weighted by Gasteiger charge is -2.19. The van der Waals surface area contributed by atoms with Crippen molar-refractivity contribution in [2.75, 3.05) is 23.8 Å². The summed E-state index contributed by atoms with van der Waals surface area (Å²) >= 11 is 1.46. The molecule has 1 aromatic heterocycles. The molecular weight excluding hydrogens is 331 g/mol. The molecule has 0 radical (unpaired) electrons. The predicted octanol–water partition coefficient (Wildman–Crippen LogP) is 3.07. The van der Waals surface area contributed by atoms with E-state index in [4.69, 9.17) is 0 Å². The zero-order chi connectivity index (χ0) is 17.1. The average molecular weight is 348 g/mol. The van der Waals surface area contributed by atoms with Gasteiger partial charge in [-0.1, -0.05) is 0 Å². The van der Waals surface area contributed by atoms with Crippen LogP contribution in [0.4, 0.5) is 20.6 Å². The van der Waals surface area contributed by atoms with Crippen molar-refractivity contribution in [1.82, 2.24) is 9.88 Å². The van der Waals surface area contributed by atoms with Crippen molar-refractivity contribution < 1.29 is 14.0 Å². The number of rotatable bonds is 4. The van der Waals surface area contributed by atoms with Crippen LogP contribution < -0.4 is 10.2 Å². The Kier molecular flexibility index (Phi) is 4.75. The number of urea groups is 1. The number of aromatic nitrogens is 1. The molecule has 3 rings (SSSR count). The van der Waals surface area contributed by atoms with Crippen LogP contribution in [0.2, 0.25) is 0 Å². The molecule has 1 N–H and O–H groups in total. The summed E-state index contributed by atoms with van der Waals surface area (Å²) in [5, 5.41) is 5.31. The quantitative estimate of drug-likeness (QED) is 0.923. The van der Waals surface area contributed by atoms with Crippen molar-refractivity contribution in [3.8, 4) is 0 Å². The standard InChI is InChI=1S/C16H17FN4O2S/c1-20(10-14-18-6-8-24-14)16(23)19-11-4-5-13(12(17)9-11)21-7-2-3-15(21)22/h4-6,8-9H,2-3,7,10H2,1H3,(H,19,23).